The molecule has 0 spiro atoms. The maximum Gasteiger partial charge on any atom is 0.0623 e. The predicted octanol–water partition coefficient (Wildman–Crippen LogP) is 1.62. The SMILES string of the molecule is NC1CCC(Cn2cc(I)cn2)C1. The van der Waals surface area contributed by atoms with Crippen LogP contribution in [0.5, 0.6) is 0 Å². The standard InChI is InChI=1S/C9H14IN3/c10-8-4-12-13(6-8)5-7-1-2-9(11)3-7/h4,6-7,9H,1-3,5,11H2. The molecule has 0 aromatic carbocycles. The number of nitrogens with zero attached hydrogens (tertiary/aromatic N) is 2. The molecule has 0 bridgehead atoms. The summed E-state index contributed by atoms with van der Waals surface area (Å²) in [6.07, 6.45) is 7.59. The van der Waals surface area contributed by atoms with Crippen LogP contribution in [0, 0.1) is 9.49 Å². The Labute approximate surface area is 91.8 Å². The minimum atomic E-state index is 0.430. The van der Waals surface area contributed by atoms with E-state index in [9.17, 15) is 0 Å². The fraction of sp³-hybridized carbons (Fsp3) is 0.667. The zero-order chi connectivity index (χ0) is 9.26. The highest BCUT2D eigenvalue weighted by atomic mass is 127. The van der Waals surface area contributed by atoms with Crippen molar-refractivity contribution in [1.82, 2.24) is 9.78 Å². The van der Waals surface area contributed by atoms with Crippen molar-refractivity contribution < 1.29 is 0 Å². The Hall–Kier alpha value is -0.100. The minimum Gasteiger partial charge on any atom is -0.328 e. The first-order valence-corrected chi connectivity index (χ1v) is 5.75. The summed E-state index contributed by atoms with van der Waals surface area (Å²) in [4.78, 5) is 0. The van der Waals surface area contributed by atoms with Gasteiger partial charge in [-0.25, -0.2) is 0 Å². The summed E-state index contributed by atoms with van der Waals surface area (Å²) < 4.78 is 3.24. The monoisotopic (exact) mass is 291 g/mol. The van der Waals surface area contributed by atoms with E-state index in [0.717, 1.165) is 18.9 Å². The van der Waals surface area contributed by atoms with Gasteiger partial charge in [-0.15, -0.1) is 0 Å². The maximum atomic E-state index is 5.85. The first-order valence-electron chi connectivity index (χ1n) is 4.67. The van der Waals surface area contributed by atoms with Crippen molar-refractivity contribution in [3.63, 3.8) is 0 Å². The zero-order valence-electron chi connectivity index (χ0n) is 7.49. The lowest BCUT2D eigenvalue weighted by Crippen LogP contribution is -2.16. The van der Waals surface area contributed by atoms with Gasteiger partial charge >= 0.3 is 0 Å². The highest BCUT2D eigenvalue weighted by Gasteiger charge is 2.21. The van der Waals surface area contributed by atoms with Crippen LogP contribution >= 0.6 is 22.6 Å². The highest BCUT2D eigenvalue weighted by Crippen LogP contribution is 2.25. The molecule has 3 nitrogen and oxygen atoms in total. The van der Waals surface area contributed by atoms with Crippen LogP contribution in [0.15, 0.2) is 12.4 Å². The molecular weight excluding hydrogens is 277 g/mol. The van der Waals surface area contributed by atoms with Crippen molar-refractivity contribution in [1.29, 1.82) is 0 Å². The Balaban J connectivity index is 1.91. The van der Waals surface area contributed by atoms with E-state index in [4.69, 9.17) is 5.73 Å². The molecule has 13 heavy (non-hydrogen) atoms. The molecule has 1 aromatic rings. The average Bonchev–Trinajstić information content (AvgIpc) is 2.62. The van der Waals surface area contributed by atoms with Crippen LogP contribution in [-0.2, 0) is 6.54 Å². The zero-order valence-corrected chi connectivity index (χ0v) is 9.65. The Morgan fingerprint density at radius 2 is 2.46 bits per heavy atom. The summed E-state index contributed by atoms with van der Waals surface area (Å²) in [6.45, 7) is 1.04. The Bertz CT molecular complexity index is 284. The van der Waals surface area contributed by atoms with Crippen molar-refractivity contribution >= 4 is 22.6 Å². The van der Waals surface area contributed by atoms with Crippen LogP contribution < -0.4 is 5.73 Å². The average molecular weight is 291 g/mol. The van der Waals surface area contributed by atoms with Gasteiger partial charge in [0.05, 0.1) is 9.77 Å². The largest absolute Gasteiger partial charge is 0.328 e. The minimum absolute atomic E-state index is 0.430. The molecular formula is C9H14IN3. The summed E-state index contributed by atoms with van der Waals surface area (Å²) in [5.41, 5.74) is 5.85. The summed E-state index contributed by atoms with van der Waals surface area (Å²) in [5.74, 6) is 0.741. The second kappa shape index (κ2) is 3.96. The van der Waals surface area contributed by atoms with Crippen LogP contribution in [0.3, 0.4) is 0 Å². The van der Waals surface area contributed by atoms with E-state index >= 15 is 0 Å². The van der Waals surface area contributed by atoms with Crippen molar-refractivity contribution in [2.24, 2.45) is 11.7 Å². The first-order chi connectivity index (χ1) is 6.24. The van der Waals surface area contributed by atoms with Crippen LogP contribution in [-0.4, -0.2) is 15.8 Å². The van der Waals surface area contributed by atoms with Gasteiger partial charge in [0.25, 0.3) is 0 Å². The lowest BCUT2D eigenvalue weighted by molar-refractivity contribution is 0.424. The molecule has 0 radical (unpaired) electrons. The lowest BCUT2D eigenvalue weighted by atomic mass is 10.1. The molecule has 4 heteroatoms. The molecule has 0 amide bonds. The second-order valence-electron chi connectivity index (χ2n) is 3.82. The number of aromatic nitrogens is 2. The summed E-state index contributed by atoms with van der Waals surface area (Å²) in [6, 6.07) is 0.430. The molecule has 1 aliphatic carbocycles. The van der Waals surface area contributed by atoms with Crippen molar-refractivity contribution in [3.8, 4) is 0 Å². The van der Waals surface area contributed by atoms with Crippen LogP contribution in [0.2, 0.25) is 0 Å². The quantitative estimate of drug-likeness (QED) is 0.841. The molecule has 1 heterocycles. The molecule has 1 fully saturated rings. The molecule has 2 rings (SSSR count). The summed E-state index contributed by atoms with van der Waals surface area (Å²) in [5, 5.41) is 4.27. The van der Waals surface area contributed by atoms with Gasteiger partial charge < -0.3 is 5.73 Å². The molecule has 1 aromatic heterocycles. The smallest absolute Gasteiger partial charge is 0.0623 e. The van der Waals surface area contributed by atoms with Crippen LogP contribution in [0.25, 0.3) is 0 Å². The fourth-order valence-electron chi connectivity index (χ4n) is 1.98. The Morgan fingerprint density at radius 1 is 1.62 bits per heavy atom. The molecule has 72 valence electrons. The number of hydrogen-bond donors (Lipinski definition) is 1. The number of rotatable bonds is 2. The van der Waals surface area contributed by atoms with E-state index in [0.29, 0.717) is 6.04 Å². The molecule has 2 N–H and O–H groups in total. The van der Waals surface area contributed by atoms with E-state index < -0.39 is 0 Å². The summed E-state index contributed by atoms with van der Waals surface area (Å²) >= 11 is 2.28. The van der Waals surface area contributed by atoms with Gasteiger partial charge in [0, 0.05) is 18.8 Å². The van der Waals surface area contributed by atoms with Crippen LogP contribution in [0.1, 0.15) is 19.3 Å². The third-order valence-corrected chi connectivity index (χ3v) is 3.19. The van der Waals surface area contributed by atoms with Gasteiger partial charge in [0.1, 0.15) is 0 Å². The molecule has 2 unspecified atom stereocenters. The van der Waals surface area contributed by atoms with Gasteiger partial charge in [-0.1, -0.05) is 0 Å². The number of halogens is 1. The third kappa shape index (κ3) is 2.43. The lowest BCUT2D eigenvalue weighted by Gasteiger charge is -2.08. The highest BCUT2D eigenvalue weighted by molar-refractivity contribution is 14.1. The van der Waals surface area contributed by atoms with Gasteiger partial charge in [-0.3, -0.25) is 4.68 Å². The number of nitrogens with two attached hydrogens (primary N) is 1. The van der Waals surface area contributed by atoms with Gasteiger partial charge in [-0.05, 0) is 47.8 Å². The van der Waals surface area contributed by atoms with E-state index in [1.165, 1.54) is 16.4 Å². The predicted molar refractivity (Wildman–Crippen MR) is 60.3 cm³/mol. The van der Waals surface area contributed by atoms with Crippen molar-refractivity contribution in [2.45, 2.75) is 31.8 Å². The van der Waals surface area contributed by atoms with E-state index in [1.807, 2.05) is 10.9 Å². The first kappa shape index (κ1) is 9.45. The molecule has 0 aliphatic heterocycles. The van der Waals surface area contributed by atoms with Gasteiger partial charge in [0.2, 0.25) is 0 Å². The molecule has 1 aliphatic rings. The van der Waals surface area contributed by atoms with Gasteiger partial charge in [-0.2, -0.15) is 5.10 Å². The normalized spacial score (nSPS) is 28.2. The van der Waals surface area contributed by atoms with E-state index in [-0.39, 0.29) is 0 Å². The third-order valence-electron chi connectivity index (χ3n) is 2.63. The van der Waals surface area contributed by atoms with Gasteiger partial charge in [0.15, 0.2) is 0 Å². The van der Waals surface area contributed by atoms with E-state index in [2.05, 4.69) is 33.9 Å². The maximum absolute atomic E-state index is 5.85. The van der Waals surface area contributed by atoms with Crippen molar-refractivity contribution in [3.05, 3.63) is 16.0 Å². The Kier molecular flexibility index (Phi) is 2.88. The fourth-order valence-corrected chi connectivity index (χ4v) is 2.43. The topological polar surface area (TPSA) is 43.8 Å². The second-order valence-corrected chi connectivity index (χ2v) is 5.07. The Morgan fingerprint density at radius 3 is 3.00 bits per heavy atom. The molecule has 0 saturated heterocycles. The van der Waals surface area contributed by atoms with Crippen molar-refractivity contribution in [2.75, 3.05) is 0 Å². The van der Waals surface area contributed by atoms with E-state index in [1.54, 1.807) is 0 Å². The number of hydrogen-bond acceptors (Lipinski definition) is 2. The molecule has 2 atom stereocenters. The molecule has 1 saturated carbocycles. The van der Waals surface area contributed by atoms with Crippen LogP contribution in [0.4, 0.5) is 0 Å². The summed E-state index contributed by atoms with van der Waals surface area (Å²) in [7, 11) is 0.